The number of nitrogens with two attached hydrogens (primary N) is 1. The molecule has 1 aliphatic heterocycles. The maximum Gasteiger partial charge on any atom is 0.0419 e. The first-order chi connectivity index (χ1) is 7.33. The Morgan fingerprint density at radius 3 is 3.13 bits per heavy atom. The van der Waals surface area contributed by atoms with Gasteiger partial charge in [0.25, 0.3) is 0 Å². The van der Waals surface area contributed by atoms with E-state index >= 15 is 0 Å². The average molecular weight is 202 g/mol. The van der Waals surface area contributed by atoms with Gasteiger partial charge in [-0.15, -0.1) is 6.58 Å². The molecule has 2 nitrogen and oxygen atoms in total. The molecule has 2 rings (SSSR count). The van der Waals surface area contributed by atoms with Gasteiger partial charge < -0.3 is 10.6 Å². The Hall–Kier alpha value is -1.44. The summed E-state index contributed by atoms with van der Waals surface area (Å²) in [6.45, 7) is 5.97. The Morgan fingerprint density at radius 1 is 1.47 bits per heavy atom. The van der Waals surface area contributed by atoms with Crippen molar-refractivity contribution in [3.8, 4) is 0 Å². The van der Waals surface area contributed by atoms with Crippen LogP contribution in [0.4, 0.5) is 11.4 Å². The molecule has 1 aromatic rings. The summed E-state index contributed by atoms with van der Waals surface area (Å²) in [7, 11) is 0. The quantitative estimate of drug-likeness (QED) is 0.603. The number of hydrogen-bond donors (Lipinski definition) is 1. The van der Waals surface area contributed by atoms with Gasteiger partial charge >= 0.3 is 0 Å². The second kappa shape index (κ2) is 4.39. The van der Waals surface area contributed by atoms with Crippen LogP contribution in [-0.4, -0.2) is 13.1 Å². The molecule has 2 N–H and O–H groups in total. The van der Waals surface area contributed by atoms with E-state index in [1.165, 1.54) is 17.7 Å². The van der Waals surface area contributed by atoms with Crippen molar-refractivity contribution in [1.29, 1.82) is 0 Å². The topological polar surface area (TPSA) is 29.3 Å². The van der Waals surface area contributed by atoms with Crippen molar-refractivity contribution in [2.24, 2.45) is 0 Å². The van der Waals surface area contributed by atoms with E-state index in [-0.39, 0.29) is 0 Å². The third-order valence-electron chi connectivity index (χ3n) is 2.99. The van der Waals surface area contributed by atoms with Gasteiger partial charge in [0, 0.05) is 24.5 Å². The summed E-state index contributed by atoms with van der Waals surface area (Å²) in [6.07, 6.45) is 5.33. The summed E-state index contributed by atoms with van der Waals surface area (Å²) >= 11 is 0. The van der Waals surface area contributed by atoms with Crippen LogP contribution in [0.25, 0.3) is 0 Å². The van der Waals surface area contributed by atoms with Gasteiger partial charge in [-0.2, -0.15) is 0 Å². The van der Waals surface area contributed by atoms with E-state index in [2.05, 4.69) is 17.5 Å². The number of fused-ring (bicyclic) bond motifs is 1. The number of hydrogen-bond acceptors (Lipinski definition) is 2. The molecule has 1 aromatic carbocycles. The molecule has 0 fully saturated rings. The molecular formula is C13H18N2. The molecule has 0 aliphatic carbocycles. The molecule has 0 unspecified atom stereocenters. The highest BCUT2D eigenvalue weighted by atomic mass is 15.1. The van der Waals surface area contributed by atoms with Gasteiger partial charge in [-0.1, -0.05) is 12.1 Å². The summed E-state index contributed by atoms with van der Waals surface area (Å²) in [5.41, 5.74) is 9.57. The summed E-state index contributed by atoms with van der Waals surface area (Å²) in [4.78, 5) is 2.41. The molecule has 1 aliphatic rings. The molecule has 2 heteroatoms. The van der Waals surface area contributed by atoms with Gasteiger partial charge in [0.2, 0.25) is 0 Å². The Balaban J connectivity index is 2.26. The number of rotatable bonds is 3. The predicted octanol–water partition coefficient (Wildman–Crippen LogP) is 2.60. The number of benzene rings is 1. The Morgan fingerprint density at radius 2 is 2.33 bits per heavy atom. The van der Waals surface area contributed by atoms with Crippen LogP contribution in [0.5, 0.6) is 0 Å². The minimum Gasteiger partial charge on any atom is -0.398 e. The second-order valence-electron chi connectivity index (χ2n) is 4.01. The fourth-order valence-corrected chi connectivity index (χ4v) is 2.21. The van der Waals surface area contributed by atoms with E-state index in [0.29, 0.717) is 0 Å². The third kappa shape index (κ3) is 1.99. The minimum atomic E-state index is 0.941. The van der Waals surface area contributed by atoms with Crippen molar-refractivity contribution in [2.75, 3.05) is 23.7 Å². The SMILES string of the molecule is C=CCCN1CCCc2c(N)cccc21. The second-order valence-corrected chi connectivity index (χ2v) is 4.01. The van der Waals surface area contributed by atoms with Crippen molar-refractivity contribution in [2.45, 2.75) is 19.3 Å². The normalized spacial score (nSPS) is 14.8. The third-order valence-corrected chi connectivity index (χ3v) is 2.99. The minimum absolute atomic E-state index is 0.941. The molecule has 80 valence electrons. The molecule has 0 aromatic heterocycles. The van der Waals surface area contributed by atoms with Gasteiger partial charge in [0.05, 0.1) is 0 Å². The van der Waals surface area contributed by atoms with Crippen LogP contribution in [0.2, 0.25) is 0 Å². The van der Waals surface area contributed by atoms with E-state index in [1.807, 2.05) is 18.2 Å². The first kappa shape index (κ1) is 10.1. The van der Waals surface area contributed by atoms with Crippen LogP contribution in [0.15, 0.2) is 30.9 Å². The van der Waals surface area contributed by atoms with E-state index < -0.39 is 0 Å². The highest BCUT2D eigenvalue weighted by Crippen LogP contribution is 2.31. The van der Waals surface area contributed by atoms with Crippen molar-refractivity contribution >= 4 is 11.4 Å². The molecule has 0 bridgehead atoms. The maximum absolute atomic E-state index is 5.99. The van der Waals surface area contributed by atoms with Crippen LogP contribution in [0, 0.1) is 0 Å². The lowest BCUT2D eigenvalue weighted by molar-refractivity contribution is 0.694. The summed E-state index contributed by atoms with van der Waals surface area (Å²) in [6, 6.07) is 6.21. The first-order valence-corrected chi connectivity index (χ1v) is 5.56. The lowest BCUT2D eigenvalue weighted by Crippen LogP contribution is -2.30. The largest absolute Gasteiger partial charge is 0.398 e. The van der Waals surface area contributed by atoms with E-state index in [0.717, 1.165) is 31.6 Å². The van der Waals surface area contributed by atoms with Crippen LogP contribution in [0.3, 0.4) is 0 Å². The molecule has 0 amide bonds. The zero-order chi connectivity index (χ0) is 10.7. The molecule has 0 spiro atoms. The molecule has 15 heavy (non-hydrogen) atoms. The first-order valence-electron chi connectivity index (χ1n) is 5.56. The molecule has 0 saturated heterocycles. The number of nitrogen functional groups attached to an aromatic ring is 1. The smallest absolute Gasteiger partial charge is 0.0419 e. The molecule has 0 saturated carbocycles. The molecular weight excluding hydrogens is 184 g/mol. The summed E-state index contributed by atoms with van der Waals surface area (Å²) in [5.74, 6) is 0. The van der Waals surface area contributed by atoms with Crippen LogP contribution < -0.4 is 10.6 Å². The molecule has 0 atom stereocenters. The van der Waals surface area contributed by atoms with Gasteiger partial charge in [-0.05, 0) is 37.0 Å². The lowest BCUT2D eigenvalue weighted by Gasteiger charge is -2.31. The van der Waals surface area contributed by atoms with E-state index in [1.54, 1.807) is 0 Å². The highest BCUT2D eigenvalue weighted by molar-refractivity contribution is 5.66. The fourth-order valence-electron chi connectivity index (χ4n) is 2.21. The van der Waals surface area contributed by atoms with Crippen molar-refractivity contribution in [3.63, 3.8) is 0 Å². The zero-order valence-corrected chi connectivity index (χ0v) is 9.08. The van der Waals surface area contributed by atoms with Crippen molar-refractivity contribution < 1.29 is 0 Å². The van der Waals surface area contributed by atoms with Crippen LogP contribution in [0.1, 0.15) is 18.4 Å². The average Bonchev–Trinajstić information content (AvgIpc) is 2.27. The van der Waals surface area contributed by atoms with Crippen molar-refractivity contribution in [3.05, 3.63) is 36.4 Å². The van der Waals surface area contributed by atoms with Gasteiger partial charge in [0.1, 0.15) is 0 Å². The zero-order valence-electron chi connectivity index (χ0n) is 9.08. The fraction of sp³-hybridized carbons (Fsp3) is 0.385. The Labute approximate surface area is 91.4 Å². The van der Waals surface area contributed by atoms with Gasteiger partial charge in [-0.25, -0.2) is 0 Å². The lowest BCUT2D eigenvalue weighted by atomic mass is 10.00. The van der Waals surface area contributed by atoms with Crippen molar-refractivity contribution in [1.82, 2.24) is 0 Å². The van der Waals surface area contributed by atoms with E-state index in [9.17, 15) is 0 Å². The summed E-state index contributed by atoms with van der Waals surface area (Å²) in [5, 5.41) is 0. The Bertz CT molecular complexity index is 358. The number of anilines is 2. The monoisotopic (exact) mass is 202 g/mol. The van der Waals surface area contributed by atoms with Gasteiger partial charge in [-0.3, -0.25) is 0 Å². The number of nitrogens with zero attached hydrogens (tertiary/aromatic N) is 1. The molecule has 0 radical (unpaired) electrons. The summed E-state index contributed by atoms with van der Waals surface area (Å²) < 4.78 is 0. The van der Waals surface area contributed by atoms with Crippen LogP contribution >= 0.6 is 0 Å². The van der Waals surface area contributed by atoms with E-state index in [4.69, 9.17) is 5.73 Å². The highest BCUT2D eigenvalue weighted by Gasteiger charge is 2.17. The Kier molecular flexibility index (Phi) is 2.95. The van der Waals surface area contributed by atoms with Gasteiger partial charge in [0.15, 0.2) is 0 Å². The predicted molar refractivity (Wildman–Crippen MR) is 66.2 cm³/mol. The molecule has 1 heterocycles. The maximum atomic E-state index is 5.99. The standard InChI is InChI=1S/C13H18N2/c1-2-3-9-15-10-5-6-11-12(14)7-4-8-13(11)15/h2,4,7-8H,1,3,5-6,9-10,14H2. The van der Waals surface area contributed by atoms with Crippen LogP contribution in [-0.2, 0) is 6.42 Å².